The number of halogens is 3. The van der Waals surface area contributed by atoms with E-state index in [0.717, 1.165) is 6.07 Å². The molecule has 2 aliphatic rings. The van der Waals surface area contributed by atoms with Crippen molar-refractivity contribution in [1.29, 1.82) is 0 Å². The van der Waals surface area contributed by atoms with Crippen LogP contribution in [0, 0.1) is 11.7 Å². The molecule has 2 fully saturated rings. The average molecular weight is 447 g/mol. The third kappa shape index (κ3) is 4.29. The number of alkyl halides is 2. The van der Waals surface area contributed by atoms with Gasteiger partial charge in [-0.05, 0) is 53.4 Å². The molecule has 30 heavy (non-hydrogen) atoms. The standard InChI is InChI=1S/C21H29F3N2O3S/c1-12(25-30(29)20(2,3)4)16-6-5-7-17(18(16)22)21(23,24)13-10-14-8-9-15(11-13)26(14)19(27)28/h5-7,12-15,25H,8-11H2,1-4H3,(H,27,28)/t12-,13?,14?,15?,30-/m1/s1. The van der Waals surface area contributed by atoms with E-state index in [0.29, 0.717) is 12.8 Å². The Morgan fingerprint density at radius 3 is 2.33 bits per heavy atom. The van der Waals surface area contributed by atoms with Gasteiger partial charge in [0.05, 0.1) is 11.6 Å². The quantitative estimate of drug-likeness (QED) is 0.628. The first-order valence-corrected chi connectivity index (χ1v) is 11.3. The number of carboxylic acid groups (broad SMARTS) is 1. The molecule has 0 saturated carbocycles. The van der Waals surface area contributed by atoms with Crippen molar-refractivity contribution in [2.45, 2.75) is 82.2 Å². The average Bonchev–Trinajstić information content (AvgIpc) is 2.91. The van der Waals surface area contributed by atoms with Gasteiger partial charge < -0.3 is 14.6 Å². The molecule has 2 heterocycles. The van der Waals surface area contributed by atoms with Crippen LogP contribution in [0.4, 0.5) is 18.0 Å². The van der Waals surface area contributed by atoms with Gasteiger partial charge in [-0.25, -0.2) is 18.0 Å². The third-order valence-electron chi connectivity index (χ3n) is 6.16. The van der Waals surface area contributed by atoms with Gasteiger partial charge in [-0.15, -0.1) is 4.72 Å². The van der Waals surface area contributed by atoms with E-state index in [1.165, 1.54) is 17.0 Å². The first kappa shape index (κ1) is 23.2. The molecule has 5 nitrogen and oxygen atoms in total. The fourth-order valence-electron chi connectivity index (χ4n) is 4.55. The molecule has 9 heteroatoms. The third-order valence-corrected chi connectivity index (χ3v) is 7.84. The number of hydrogen-bond donors (Lipinski definition) is 2. The maximum atomic E-state index is 15.4. The van der Waals surface area contributed by atoms with Gasteiger partial charge in [0.25, 0.3) is 5.92 Å². The van der Waals surface area contributed by atoms with Gasteiger partial charge in [0.15, 0.2) is 0 Å². The molecule has 1 amide bonds. The summed E-state index contributed by atoms with van der Waals surface area (Å²) in [5, 5.41) is 9.34. The van der Waals surface area contributed by atoms with Crippen molar-refractivity contribution in [3.8, 4) is 0 Å². The number of carbonyl (C=O) groups is 1. The molecule has 3 rings (SSSR count). The van der Waals surface area contributed by atoms with Crippen LogP contribution < -0.4 is 4.72 Å². The lowest BCUT2D eigenvalue weighted by atomic mass is 9.82. The summed E-state index contributed by atoms with van der Waals surface area (Å²) < 4.78 is 60.6. The smallest absolute Gasteiger partial charge is 0.407 e. The Morgan fingerprint density at radius 1 is 1.27 bits per heavy atom. The molecule has 168 valence electrons. The van der Waals surface area contributed by atoms with Crippen molar-refractivity contribution in [3.63, 3.8) is 0 Å². The van der Waals surface area contributed by atoms with E-state index in [1.807, 2.05) is 0 Å². The van der Waals surface area contributed by atoms with Crippen LogP contribution in [0.3, 0.4) is 0 Å². The molecule has 0 aliphatic carbocycles. The van der Waals surface area contributed by atoms with Gasteiger partial charge in [-0.3, -0.25) is 0 Å². The highest BCUT2D eigenvalue weighted by Crippen LogP contribution is 2.49. The van der Waals surface area contributed by atoms with Crippen LogP contribution >= 0.6 is 0 Å². The fourth-order valence-corrected chi connectivity index (χ4v) is 5.35. The van der Waals surface area contributed by atoms with Gasteiger partial charge in [-0.1, -0.05) is 18.2 Å². The summed E-state index contributed by atoms with van der Waals surface area (Å²) in [6.07, 6.45) is 0.0732. The Labute approximate surface area is 178 Å². The number of benzene rings is 1. The van der Waals surface area contributed by atoms with Gasteiger partial charge in [0.2, 0.25) is 0 Å². The van der Waals surface area contributed by atoms with E-state index in [2.05, 4.69) is 4.72 Å². The minimum Gasteiger partial charge on any atom is -0.598 e. The topological polar surface area (TPSA) is 75.6 Å². The number of piperidine rings is 1. The van der Waals surface area contributed by atoms with E-state index in [9.17, 15) is 14.5 Å². The SMILES string of the molecule is C[C@@H](N[S@+]([O-])C(C)(C)C)c1cccc(C(F)(F)C2CC3CCC(C2)N3C(=O)O)c1F. The lowest BCUT2D eigenvalue weighted by molar-refractivity contribution is -0.0969. The zero-order chi connectivity index (χ0) is 22.4. The number of hydrogen-bond acceptors (Lipinski definition) is 3. The van der Waals surface area contributed by atoms with E-state index in [-0.39, 0.29) is 18.4 Å². The van der Waals surface area contributed by atoms with Crippen molar-refractivity contribution >= 4 is 17.5 Å². The Kier molecular flexibility index (Phi) is 6.38. The molecule has 2 aliphatic heterocycles. The largest absolute Gasteiger partial charge is 0.598 e. The molecule has 2 unspecified atom stereocenters. The summed E-state index contributed by atoms with van der Waals surface area (Å²) >= 11 is -1.48. The van der Waals surface area contributed by atoms with Crippen molar-refractivity contribution in [2.75, 3.05) is 0 Å². The number of rotatable bonds is 5. The van der Waals surface area contributed by atoms with E-state index >= 15 is 13.2 Å². The maximum Gasteiger partial charge on any atom is 0.407 e. The Balaban J connectivity index is 1.84. The molecular formula is C21H29F3N2O3S. The van der Waals surface area contributed by atoms with Crippen LogP contribution in [0.1, 0.15) is 70.5 Å². The minimum atomic E-state index is -3.42. The molecule has 2 saturated heterocycles. The van der Waals surface area contributed by atoms with Gasteiger partial charge in [0.1, 0.15) is 10.6 Å². The van der Waals surface area contributed by atoms with Gasteiger partial charge >= 0.3 is 6.09 Å². The minimum absolute atomic E-state index is 0.0152. The fraction of sp³-hybridized carbons (Fsp3) is 0.667. The summed E-state index contributed by atoms with van der Waals surface area (Å²) in [7, 11) is 0. The summed E-state index contributed by atoms with van der Waals surface area (Å²) in [6.45, 7) is 6.89. The van der Waals surface area contributed by atoms with E-state index in [4.69, 9.17) is 0 Å². The summed E-state index contributed by atoms with van der Waals surface area (Å²) in [5.74, 6) is -5.54. The number of amides is 1. The van der Waals surface area contributed by atoms with E-state index < -0.39 is 63.5 Å². The second-order valence-electron chi connectivity index (χ2n) is 9.30. The van der Waals surface area contributed by atoms with Crippen LogP contribution in [0.2, 0.25) is 0 Å². The number of nitrogens with one attached hydrogen (secondary N) is 1. The molecule has 0 aromatic heterocycles. The molecule has 0 spiro atoms. The molecule has 1 aromatic carbocycles. The summed E-state index contributed by atoms with van der Waals surface area (Å²) in [4.78, 5) is 12.7. The highest BCUT2D eigenvalue weighted by molar-refractivity contribution is 7.90. The van der Waals surface area contributed by atoms with Crippen LogP contribution in [-0.2, 0) is 17.3 Å². The Hall–Kier alpha value is -1.45. The normalized spacial score (nSPS) is 26.5. The first-order chi connectivity index (χ1) is 13.8. The van der Waals surface area contributed by atoms with Crippen molar-refractivity contribution in [3.05, 3.63) is 35.1 Å². The predicted octanol–water partition coefficient (Wildman–Crippen LogP) is 4.95. The van der Waals surface area contributed by atoms with Crippen LogP contribution in [0.5, 0.6) is 0 Å². The molecular weight excluding hydrogens is 417 g/mol. The maximum absolute atomic E-state index is 15.4. The summed E-state index contributed by atoms with van der Waals surface area (Å²) in [6, 6.07) is 2.30. The molecule has 1 aromatic rings. The number of nitrogens with zero attached hydrogens (tertiary/aromatic N) is 1. The molecule has 4 atom stereocenters. The molecule has 2 bridgehead atoms. The van der Waals surface area contributed by atoms with Gasteiger partial charge in [0, 0.05) is 34.9 Å². The lowest BCUT2D eigenvalue weighted by Gasteiger charge is -2.40. The Bertz CT molecular complexity index is 788. The zero-order valence-electron chi connectivity index (χ0n) is 17.6. The summed E-state index contributed by atoms with van der Waals surface area (Å²) in [5.41, 5.74) is -0.640. The second kappa shape index (κ2) is 8.24. The van der Waals surface area contributed by atoms with Crippen LogP contribution in [0.15, 0.2) is 18.2 Å². The zero-order valence-corrected chi connectivity index (χ0v) is 18.4. The number of fused-ring (bicyclic) bond motifs is 2. The highest BCUT2D eigenvalue weighted by Gasteiger charge is 2.53. The van der Waals surface area contributed by atoms with Crippen molar-refractivity contribution in [2.24, 2.45) is 5.92 Å². The molecule has 0 radical (unpaired) electrons. The second-order valence-corrected chi connectivity index (χ2v) is 11.3. The van der Waals surface area contributed by atoms with Crippen LogP contribution in [0.25, 0.3) is 0 Å². The van der Waals surface area contributed by atoms with E-state index in [1.54, 1.807) is 27.7 Å². The van der Waals surface area contributed by atoms with Gasteiger partial charge in [-0.2, -0.15) is 0 Å². The van der Waals surface area contributed by atoms with Crippen LogP contribution in [-0.4, -0.2) is 37.5 Å². The van der Waals surface area contributed by atoms with Crippen molar-refractivity contribution in [1.82, 2.24) is 9.62 Å². The first-order valence-electron chi connectivity index (χ1n) is 10.2. The highest BCUT2D eigenvalue weighted by atomic mass is 32.2. The van der Waals surface area contributed by atoms with Crippen molar-refractivity contribution < 1.29 is 27.6 Å². The lowest BCUT2D eigenvalue weighted by Crippen LogP contribution is -2.49. The monoisotopic (exact) mass is 446 g/mol. The predicted molar refractivity (Wildman–Crippen MR) is 109 cm³/mol. The molecule has 2 N–H and O–H groups in total. The Morgan fingerprint density at radius 2 is 1.83 bits per heavy atom.